The third-order valence-electron chi connectivity index (χ3n) is 7.20. The Morgan fingerprint density at radius 1 is 0.923 bits per heavy atom. The number of aliphatic hydroxyl groups is 1. The second kappa shape index (κ2) is 12.0. The standard InChI is InChI=1S/C32H44N4O2S/c1-22-18-24(31(4,34)35)20-25(19-22)32(21-23-12-6-5-7-13-23,39-29(37)36-26-14-8-9-15-26)27-16-10-11-17-28(27)38-30(2,3)33/h5-7,10-13,16-20,26,29,36-37H,8-9,14-15,21,33-35H2,1-4H3. The van der Waals surface area contributed by atoms with Crippen LogP contribution in [0.25, 0.3) is 0 Å². The van der Waals surface area contributed by atoms with E-state index in [9.17, 15) is 5.11 Å². The van der Waals surface area contributed by atoms with Crippen LogP contribution in [-0.4, -0.2) is 22.4 Å². The molecule has 210 valence electrons. The molecule has 4 rings (SSSR count). The van der Waals surface area contributed by atoms with Crippen LogP contribution in [0.4, 0.5) is 0 Å². The second-order valence-electron chi connectivity index (χ2n) is 11.7. The highest BCUT2D eigenvalue weighted by molar-refractivity contribution is 8.00. The van der Waals surface area contributed by atoms with Gasteiger partial charge in [0.2, 0.25) is 0 Å². The second-order valence-corrected chi connectivity index (χ2v) is 13.1. The quantitative estimate of drug-likeness (QED) is 0.209. The average Bonchev–Trinajstić information content (AvgIpc) is 3.35. The summed E-state index contributed by atoms with van der Waals surface area (Å²) >= 11 is 1.49. The number of thioether (sulfide) groups is 1. The Hall–Kier alpha value is -2.39. The summed E-state index contributed by atoms with van der Waals surface area (Å²) in [5, 5.41) is 15.1. The van der Waals surface area contributed by atoms with Crippen LogP contribution in [0.2, 0.25) is 0 Å². The van der Waals surface area contributed by atoms with Crippen LogP contribution in [0, 0.1) is 6.92 Å². The van der Waals surface area contributed by atoms with Crippen molar-refractivity contribution in [2.75, 3.05) is 0 Å². The lowest BCUT2D eigenvalue weighted by atomic mass is 9.82. The molecule has 0 heterocycles. The van der Waals surface area contributed by atoms with Gasteiger partial charge < -0.3 is 21.3 Å². The first-order valence-electron chi connectivity index (χ1n) is 13.8. The van der Waals surface area contributed by atoms with E-state index in [2.05, 4.69) is 42.6 Å². The topological polar surface area (TPSA) is 120 Å². The SMILES string of the molecule is Cc1cc(C(C)(N)N)cc(C(Cc2ccccc2)(SC(O)NC2CCCC2)c2ccccc2OC(C)(C)N)c1. The number of nitrogens with one attached hydrogen (secondary N) is 1. The summed E-state index contributed by atoms with van der Waals surface area (Å²) in [6.07, 6.45) is 5.09. The van der Waals surface area contributed by atoms with Crippen molar-refractivity contribution < 1.29 is 9.84 Å². The Kier molecular flexibility index (Phi) is 9.11. The number of para-hydroxylation sites is 1. The van der Waals surface area contributed by atoms with Crippen LogP contribution in [-0.2, 0) is 16.8 Å². The van der Waals surface area contributed by atoms with E-state index in [-0.39, 0.29) is 0 Å². The zero-order valence-corrected chi connectivity index (χ0v) is 24.4. The number of hydrogen-bond donors (Lipinski definition) is 5. The molecule has 3 aromatic carbocycles. The summed E-state index contributed by atoms with van der Waals surface area (Å²) in [6, 6.07) is 24.9. The van der Waals surface area contributed by atoms with Crippen molar-refractivity contribution in [2.24, 2.45) is 17.2 Å². The van der Waals surface area contributed by atoms with Crippen molar-refractivity contribution in [2.45, 2.75) is 87.5 Å². The van der Waals surface area contributed by atoms with Crippen LogP contribution in [0.15, 0.2) is 72.8 Å². The molecule has 0 aromatic heterocycles. The maximum atomic E-state index is 11.6. The highest BCUT2D eigenvalue weighted by Crippen LogP contribution is 2.51. The van der Waals surface area contributed by atoms with E-state index in [1.807, 2.05) is 63.2 Å². The van der Waals surface area contributed by atoms with Crippen LogP contribution >= 0.6 is 11.8 Å². The first-order chi connectivity index (χ1) is 18.4. The van der Waals surface area contributed by atoms with Gasteiger partial charge in [0.15, 0.2) is 11.3 Å². The van der Waals surface area contributed by atoms with Gasteiger partial charge in [-0.15, -0.1) is 0 Å². The average molecular weight is 549 g/mol. The molecule has 0 radical (unpaired) electrons. The van der Waals surface area contributed by atoms with Gasteiger partial charge >= 0.3 is 0 Å². The Labute approximate surface area is 237 Å². The summed E-state index contributed by atoms with van der Waals surface area (Å²) in [5.41, 5.74) is 21.4. The van der Waals surface area contributed by atoms with Gasteiger partial charge in [0.05, 0.1) is 10.4 Å². The van der Waals surface area contributed by atoms with Crippen LogP contribution in [0.5, 0.6) is 5.75 Å². The van der Waals surface area contributed by atoms with Gasteiger partial charge in [0.25, 0.3) is 0 Å². The van der Waals surface area contributed by atoms with Crippen molar-refractivity contribution >= 4 is 11.8 Å². The minimum Gasteiger partial charge on any atom is -0.473 e. The normalized spacial score (nSPS) is 17.1. The first kappa shape index (κ1) is 29.6. The number of nitrogens with two attached hydrogens (primary N) is 3. The van der Waals surface area contributed by atoms with E-state index >= 15 is 0 Å². The van der Waals surface area contributed by atoms with Gasteiger partial charge in [-0.05, 0) is 69.7 Å². The van der Waals surface area contributed by atoms with E-state index in [0.717, 1.165) is 40.7 Å². The molecule has 8 N–H and O–H groups in total. The third-order valence-corrected chi connectivity index (χ3v) is 8.56. The predicted octanol–water partition coefficient (Wildman–Crippen LogP) is 5.19. The minimum atomic E-state index is -1.03. The fraction of sp³-hybridized carbons (Fsp3) is 0.438. The maximum Gasteiger partial charge on any atom is 0.154 e. The lowest BCUT2D eigenvalue weighted by Gasteiger charge is -2.39. The van der Waals surface area contributed by atoms with E-state index in [4.69, 9.17) is 21.9 Å². The first-order valence-corrected chi connectivity index (χ1v) is 14.7. The number of hydrogen-bond acceptors (Lipinski definition) is 7. The number of rotatable bonds is 11. The predicted molar refractivity (Wildman–Crippen MR) is 162 cm³/mol. The minimum absolute atomic E-state index is 0.292. The molecule has 1 aliphatic rings. The van der Waals surface area contributed by atoms with E-state index in [1.54, 1.807) is 0 Å². The Balaban J connectivity index is 1.96. The Bertz CT molecular complexity index is 1230. The van der Waals surface area contributed by atoms with E-state index in [0.29, 0.717) is 18.2 Å². The summed E-state index contributed by atoms with van der Waals surface area (Å²) in [5.74, 6) is 0.674. The zero-order valence-electron chi connectivity index (χ0n) is 23.6. The van der Waals surface area contributed by atoms with Gasteiger partial charge in [0.1, 0.15) is 5.75 Å². The molecule has 0 saturated heterocycles. The molecular formula is C32H44N4O2S. The molecule has 3 aromatic rings. The van der Waals surface area contributed by atoms with E-state index in [1.165, 1.54) is 24.6 Å². The number of benzene rings is 3. The fourth-order valence-corrected chi connectivity index (χ4v) is 6.87. The van der Waals surface area contributed by atoms with Gasteiger partial charge in [0, 0.05) is 11.6 Å². The molecule has 6 nitrogen and oxygen atoms in total. The van der Waals surface area contributed by atoms with Crippen molar-refractivity contribution in [3.8, 4) is 5.75 Å². The van der Waals surface area contributed by atoms with Crippen molar-refractivity contribution in [1.29, 1.82) is 0 Å². The number of ether oxygens (including phenoxy) is 1. The molecule has 1 aliphatic carbocycles. The molecule has 2 unspecified atom stereocenters. The van der Waals surface area contributed by atoms with Crippen molar-refractivity contribution in [3.63, 3.8) is 0 Å². The summed E-state index contributed by atoms with van der Waals surface area (Å²) in [7, 11) is 0. The lowest BCUT2D eigenvalue weighted by molar-refractivity contribution is 0.115. The molecule has 0 aliphatic heterocycles. The van der Waals surface area contributed by atoms with Crippen LogP contribution in [0.1, 0.15) is 74.3 Å². The third kappa shape index (κ3) is 7.63. The summed E-state index contributed by atoms with van der Waals surface area (Å²) in [4.78, 5) is 0. The highest BCUT2D eigenvalue weighted by atomic mass is 32.2. The zero-order chi connectivity index (χ0) is 28.3. The summed E-state index contributed by atoms with van der Waals surface area (Å²) < 4.78 is 5.59. The molecule has 2 atom stereocenters. The van der Waals surface area contributed by atoms with Crippen LogP contribution < -0.4 is 27.3 Å². The Morgan fingerprint density at radius 2 is 1.54 bits per heavy atom. The van der Waals surface area contributed by atoms with Crippen molar-refractivity contribution in [1.82, 2.24) is 5.32 Å². The van der Waals surface area contributed by atoms with Gasteiger partial charge in [-0.1, -0.05) is 96.9 Å². The van der Waals surface area contributed by atoms with Gasteiger partial charge in [-0.3, -0.25) is 11.1 Å². The molecule has 1 saturated carbocycles. The summed E-state index contributed by atoms with van der Waals surface area (Å²) in [6.45, 7) is 7.54. The fourth-order valence-electron chi connectivity index (χ4n) is 5.43. The lowest BCUT2D eigenvalue weighted by Crippen LogP contribution is -2.43. The van der Waals surface area contributed by atoms with Gasteiger partial charge in [-0.2, -0.15) is 0 Å². The number of aryl methyl sites for hydroxylation is 1. The van der Waals surface area contributed by atoms with Gasteiger partial charge in [-0.25, -0.2) is 0 Å². The monoisotopic (exact) mass is 548 g/mol. The maximum absolute atomic E-state index is 11.6. The molecule has 0 bridgehead atoms. The van der Waals surface area contributed by atoms with Crippen LogP contribution in [0.3, 0.4) is 0 Å². The molecule has 0 amide bonds. The number of aliphatic hydroxyl groups excluding tert-OH is 1. The highest BCUT2D eigenvalue weighted by Gasteiger charge is 2.42. The molecule has 0 spiro atoms. The molecule has 7 heteroatoms. The molecule has 39 heavy (non-hydrogen) atoms. The van der Waals surface area contributed by atoms with Crippen molar-refractivity contribution in [3.05, 3.63) is 101 Å². The Morgan fingerprint density at radius 3 is 2.18 bits per heavy atom. The molecule has 1 fully saturated rings. The largest absolute Gasteiger partial charge is 0.473 e. The van der Waals surface area contributed by atoms with E-state index < -0.39 is 21.7 Å². The smallest absolute Gasteiger partial charge is 0.154 e. The molecular weight excluding hydrogens is 504 g/mol.